The van der Waals surface area contributed by atoms with Crippen molar-refractivity contribution in [1.82, 2.24) is 4.98 Å². The number of aromatic nitrogens is 1. The largest absolute Gasteiger partial charge is 0.370 e. The van der Waals surface area contributed by atoms with Crippen molar-refractivity contribution >= 4 is 27.8 Å². The third-order valence-corrected chi connectivity index (χ3v) is 6.72. The molecule has 0 saturated carbocycles. The Morgan fingerprint density at radius 3 is 2.46 bits per heavy atom. The van der Waals surface area contributed by atoms with Gasteiger partial charge < -0.3 is 4.90 Å². The zero-order chi connectivity index (χ0) is 18.1. The maximum Gasteiger partial charge on any atom is 0.136 e. The van der Waals surface area contributed by atoms with E-state index < -0.39 is 22.4 Å². The van der Waals surface area contributed by atoms with Crippen LogP contribution in [0.3, 0.4) is 0 Å². The Morgan fingerprint density at radius 2 is 1.77 bits per heavy atom. The predicted molar refractivity (Wildman–Crippen MR) is 103 cm³/mol. The van der Waals surface area contributed by atoms with Crippen LogP contribution in [0.2, 0.25) is 0 Å². The molecule has 7 heteroatoms. The lowest BCUT2D eigenvalue weighted by Gasteiger charge is -2.28. The fourth-order valence-corrected chi connectivity index (χ4v) is 4.93. The first-order valence-electron chi connectivity index (χ1n) is 8.22. The van der Waals surface area contributed by atoms with E-state index in [4.69, 9.17) is 0 Å². The Kier molecular flexibility index (Phi) is 4.82. The van der Waals surface area contributed by atoms with Crippen LogP contribution in [0.25, 0.3) is 21.0 Å². The highest BCUT2D eigenvalue weighted by Gasteiger charge is 2.16. The summed E-state index contributed by atoms with van der Waals surface area (Å²) in [4.78, 5) is 7.45. The van der Waals surface area contributed by atoms with Crippen molar-refractivity contribution in [2.24, 2.45) is 0 Å². The van der Waals surface area contributed by atoms with E-state index in [2.05, 4.69) is 9.88 Å². The summed E-state index contributed by atoms with van der Waals surface area (Å²) < 4.78 is 38.5. The Morgan fingerprint density at radius 1 is 1.04 bits per heavy atom. The minimum absolute atomic E-state index is 0.306. The van der Waals surface area contributed by atoms with Gasteiger partial charge in [0, 0.05) is 58.9 Å². The molecule has 26 heavy (non-hydrogen) atoms. The third kappa shape index (κ3) is 3.54. The molecular weight excluding hydrogens is 374 g/mol. The van der Waals surface area contributed by atoms with E-state index in [0.717, 1.165) is 35.3 Å². The minimum Gasteiger partial charge on any atom is -0.370 e. The van der Waals surface area contributed by atoms with Crippen molar-refractivity contribution in [3.8, 4) is 21.0 Å². The van der Waals surface area contributed by atoms with Gasteiger partial charge in [-0.2, -0.15) is 0 Å². The summed E-state index contributed by atoms with van der Waals surface area (Å²) >= 11 is 1.37. The molecule has 0 bridgehead atoms. The number of anilines is 1. The summed E-state index contributed by atoms with van der Waals surface area (Å²) in [6.45, 7) is 1.61. The second-order valence-electron chi connectivity index (χ2n) is 6.04. The molecule has 0 radical (unpaired) electrons. The van der Waals surface area contributed by atoms with Crippen LogP contribution < -0.4 is 4.90 Å². The van der Waals surface area contributed by atoms with Gasteiger partial charge in [-0.3, -0.25) is 4.21 Å². The van der Waals surface area contributed by atoms with Gasteiger partial charge in [0.2, 0.25) is 0 Å². The minimum atomic E-state index is -0.690. The molecule has 0 aliphatic carbocycles. The molecule has 0 N–H and O–H groups in total. The molecule has 1 aliphatic heterocycles. The average molecular weight is 390 g/mol. The van der Waals surface area contributed by atoms with Gasteiger partial charge in [0.1, 0.15) is 16.6 Å². The molecule has 0 amide bonds. The van der Waals surface area contributed by atoms with Crippen LogP contribution in [0.4, 0.5) is 14.5 Å². The Balaban J connectivity index is 1.55. The van der Waals surface area contributed by atoms with Crippen LogP contribution in [0.15, 0.2) is 48.7 Å². The van der Waals surface area contributed by atoms with Crippen LogP contribution in [-0.2, 0) is 10.8 Å². The number of hydrogen-bond donors (Lipinski definition) is 0. The van der Waals surface area contributed by atoms with E-state index in [0.29, 0.717) is 22.1 Å². The lowest BCUT2D eigenvalue weighted by Crippen LogP contribution is -2.37. The Labute approximate surface area is 156 Å². The molecule has 4 rings (SSSR count). The van der Waals surface area contributed by atoms with Crippen LogP contribution >= 0.6 is 11.3 Å². The van der Waals surface area contributed by atoms with Crippen LogP contribution in [0.1, 0.15) is 0 Å². The molecule has 1 aliphatic rings. The second-order valence-corrected chi connectivity index (χ2v) is 8.76. The van der Waals surface area contributed by atoms with Gasteiger partial charge in [-0.1, -0.05) is 12.1 Å². The zero-order valence-corrected chi connectivity index (χ0v) is 15.5. The molecule has 0 atom stereocenters. The zero-order valence-electron chi connectivity index (χ0n) is 13.8. The van der Waals surface area contributed by atoms with E-state index in [1.807, 2.05) is 24.3 Å². The smallest absolute Gasteiger partial charge is 0.136 e. The monoisotopic (exact) mass is 390 g/mol. The third-order valence-electron chi connectivity index (χ3n) is 4.36. The quantitative estimate of drug-likeness (QED) is 0.668. The number of nitrogens with zero attached hydrogens (tertiary/aromatic N) is 2. The van der Waals surface area contributed by atoms with Crippen molar-refractivity contribution in [2.75, 3.05) is 29.5 Å². The molecule has 2 heterocycles. The first-order chi connectivity index (χ1) is 12.6. The Hall–Kier alpha value is -2.12. The van der Waals surface area contributed by atoms with E-state index in [9.17, 15) is 13.0 Å². The molecule has 1 saturated heterocycles. The van der Waals surface area contributed by atoms with E-state index >= 15 is 0 Å². The van der Waals surface area contributed by atoms with Crippen molar-refractivity contribution in [1.29, 1.82) is 0 Å². The lowest BCUT2D eigenvalue weighted by atomic mass is 10.1. The summed E-state index contributed by atoms with van der Waals surface area (Å²) in [7, 11) is -0.690. The van der Waals surface area contributed by atoms with Gasteiger partial charge in [-0.25, -0.2) is 13.8 Å². The normalized spacial score (nSPS) is 15.4. The van der Waals surface area contributed by atoms with Gasteiger partial charge in [0.05, 0.1) is 4.88 Å². The summed E-state index contributed by atoms with van der Waals surface area (Å²) in [6.07, 6.45) is 1.71. The number of hydrogen-bond acceptors (Lipinski definition) is 4. The van der Waals surface area contributed by atoms with E-state index in [1.54, 1.807) is 6.20 Å². The Bertz CT molecular complexity index is 946. The van der Waals surface area contributed by atoms with Gasteiger partial charge in [-0.05, 0) is 29.8 Å². The summed E-state index contributed by atoms with van der Waals surface area (Å²) in [5.74, 6) is 0.218. The average Bonchev–Trinajstić information content (AvgIpc) is 3.12. The number of benzene rings is 2. The molecule has 134 valence electrons. The maximum atomic E-state index is 13.9. The van der Waals surface area contributed by atoms with Gasteiger partial charge in [-0.15, -0.1) is 11.3 Å². The standard InChI is InChI=1S/C19H16F2N2OS2/c20-14-3-6-16(17(21)11-14)19-22-12-18(25-19)13-1-4-15(5-2-13)23-7-9-26(24)10-8-23/h1-6,11-12H,7-10H2. The van der Waals surface area contributed by atoms with Gasteiger partial charge in [0.15, 0.2) is 0 Å². The molecular formula is C19H16F2N2OS2. The molecule has 2 aromatic carbocycles. The SMILES string of the molecule is O=S1CCN(c2ccc(-c3cnc(-c4ccc(F)cc4F)s3)cc2)CC1. The highest BCUT2D eigenvalue weighted by Crippen LogP contribution is 2.34. The summed E-state index contributed by atoms with van der Waals surface area (Å²) in [5, 5.41) is 0.528. The number of rotatable bonds is 3. The van der Waals surface area contributed by atoms with Gasteiger partial charge in [0.25, 0.3) is 0 Å². The molecule has 3 aromatic rings. The fourth-order valence-electron chi connectivity index (χ4n) is 2.93. The fraction of sp³-hybridized carbons (Fsp3) is 0.211. The predicted octanol–water partition coefficient (Wildman–Crippen LogP) is 4.32. The first kappa shape index (κ1) is 17.3. The lowest BCUT2D eigenvalue weighted by molar-refractivity contribution is 0.585. The van der Waals surface area contributed by atoms with Crippen LogP contribution in [-0.4, -0.2) is 33.8 Å². The molecule has 0 spiro atoms. The molecule has 3 nitrogen and oxygen atoms in total. The van der Waals surface area contributed by atoms with E-state index in [1.165, 1.54) is 23.5 Å². The van der Waals surface area contributed by atoms with Crippen molar-refractivity contribution in [3.05, 3.63) is 60.3 Å². The van der Waals surface area contributed by atoms with Crippen molar-refractivity contribution < 1.29 is 13.0 Å². The van der Waals surface area contributed by atoms with Crippen LogP contribution in [0, 0.1) is 11.6 Å². The maximum absolute atomic E-state index is 13.9. The number of halogens is 2. The van der Waals surface area contributed by atoms with Crippen LogP contribution in [0.5, 0.6) is 0 Å². The van der Waals surface area contributed by atoms with Crippen molar-refractivity contribution in [2.45, 2.75) is 0 Å². The molecule has 1 aromatic heterocycles. The summed E-state index contributed by atoms with van der Waals surface area (Å²) in [6, 6.07) is 11.6. The topological polar surface area (TPSA) is 33.2 Å². The summed E-state index contributed by atoms with van der Waals surface area (Å²) in [5.41, 5.74) is 2.42. The first-order valence-corrected chi connectivity index (χ1v) is 10.5. The van der Waals surface area contributed by atoms with E-state index in [-0.39, 0.29) is 0 Å². The van der Waals surface area contributed by atoms with Crippen molar-refractivity contribution in [3.63, 3.8) is 0 Å². The highest BCUT2D eigenvalue weighted by molar-refractivity contribution is 7.85. The van der Waals surface area contributed by atoms with Gasteiger partial charge >= 0.3 is 0 Å². The number of thiazole rings is 1. The highest BCUT2D eigenvalue weighted by atomic mass is 32.2. The molecule has 0 unspecified atom stereocenters. The second kappa shape index (κ2) is 7.25. The molecule has 1 fully saturated rings.